The maximum atomic E-state index is 12.1. The first kappa shape index (κ1) is 15.7. The number of amides is 2. The lowest BCUT2D eigenvalue weighted by Gasteiger charge is -2.25. The second kappa shape index (κ2) is 6.15. The van der Waals surface area contributed by atoms with Crippen molar-refractivity contribution >= 4 is 29.3 Å². The monoisotopic (exact) mass is 326 g/mol. The standard InChI is InChI=1S/C16H18N6O2/c1-18-14(23)12-8-19-16(21-13(12)17)20-10-3-4-11-9(7-10)5-6-22(2)15(11)24/h3-4,7-8H,5-6H2,1-2H3,(H,18,23)(H3,17,19,20,21). The van der Waals surface area contributed by atoms with Crippen molar-refractivity contribution in [2.45, 2.75) is 6.42 Å². The molecule has 8 nitrogen and oxygen atoms in total. The first-order valence-corrected chi connectivity index (χ1v) is 7.49. The van der Waals surface area contributed by atoms with Crippen LogP contribution in [0.5, 0.6) is 0 Å². The van der Waals surface area contributed by atoms with Gasteiger partial charge >= 0.3 is 0 Å². The van der Waals surface area contributed by atoms with E-state index in [4.69, 9.17) is 5.73 Å². The van der Waals surface area contributed by atoms with Gasteiger partial charge in [-0.05, 0) is 30.2 Å². The van der Waals surface area contributed by atoms with E-state index in [-0.39, 0.29) is 23.2 Å². The first-order valence-electron chi connectivity index (χ1n) is 7.49. The summed E-state index contributed by atoms with van der Waals surface area (Å²) in [5.41, 5.74) is 8.48. The van der Waals surface area contributed by atoms with Crippen LogP contribution < -0.4 is 16.4 Å². The maximum Gasteiger partial charge on any atom is 0.256 e. The SMILES string of the molecule is CNC(=O)c1cnc(Nc2ccc3c(c2)CCN(C)C3=O)nc1N. The fourth-order valence-corrected chi connectivity index (χ4v) is 2.58. The molecule has 124 valence electrons. The van der Waals surface area contributed by atoms with Gasteiger partial charge in [-0.25, -0.2) is 4.98 Å². The van der Waals surface area contributed by atoms with Gasteiger partial charge in [-0.15, -0.1) is 0 Å². The summed E-state index contributed by atoms with van der Waals surface area (Å²) in [6, 6.07) is 5.49. The molecule has 4 N–H and O–H groups in total. The zero-order chi connectivity index (χ0) is 17.3. The number of hydrogen-bond acceptors (Lipinski definition) is 6. The van der Waals surface area contributed by atoms with Gasteiger partial charge in [0, 0.05) is 38.1 Å². The Kier molecular flexibility index (Phi) is 4.03. The number of nitrogen functional groups attached to an aromatic ring is 1. The van der Waals surface area contributed by atoms with Gasteiger partial charge < -0.3 is 21.3 Å². The zero-order valence-electron chi connectivity index (χ0n) is 13.5. The topological polar surface area (TPSA) is 113 Å². The highest BCUT2D eigenvalue weighted by Gasteiger charge is 2.21. The van der Waals surface area contributed by atoms with Crippen LogP contribution in [-0.4, -0.2) is 47.3 Å². The van der Waals surface area contributed by atoms with Crippen LogP contribution >= 0.6 is 0 Å². The molecule has 2 aromatic rings. The molecular formula is C16H18N6O2. The largest absolute Gasteiger partial charge is 0.383 e. The van der Waals surface area contributed by atoms with E-state index in [9.17, 15) is 9.59 Å². The average molecular weight is 326 g/mol. The van der Waals surface area contributed by atoms with Crippen molar-refractivity contribution < 1.29 is 9.59 Å². The molecule has 8 heteroatoms. The van der Waals surface area contributed by atoms with Crippen LogP contribution in [0.2, 0.25) is 0 Å². The number of fused-ring (bicyclic) bond motifs is 1. The number of rotatable bonds is 3. The third kappa shape index (κ3) is 2.85. The smallest absolute Gasteiger partial charge is 0.256 e. The molecule has 1 aliphatic rings. The van der Waals surface area contributed by atoms with Crippen molar-refractivity contribution in [1.82, 2.24) is 20.2 Å². The predicted octanol–water partition coefficient (Wildman–Crippen LogP) is 0.790. The second-order valence-corrected chi connectivity index (χ2v) is 5.55. The number of nitrogens with two attached hydrogens (primary N) is 1. The number of anilines is 3. The minimum atomic E-state index is -0.338. The number of aromatic nitrogens is 2. The minimum Gasteiger partial charge on any atom is -0.383 e. The van der Waals surface area contributed by atoms with Gasteiger partial charge in [0.05, 0.1) is 5.56 Å². The third-order valence-corrected chi connectivity index (χ3v) is 3.94. The molecule has 2 amide bonds. The van der Waals surface area contributed by atoms with Crippen LogP contribution in [-0.2, 0) is 6.42 Å². The number of benzene rings is 1. The molecule has 1 aromatic heterocycles. The average Bonchev–Trinajstić information content (AvgIpc) is 2.58. The van der Waals surface area contributed by atoms with Crippen molar-refractivity contribution in [3.05, 3.63) is 41.1 Å². The Morgan fingerprint density at radius 3 is 2.88 bits per heavy atom. The first-order chi connectivity index (χ1) is 11.5. The number of carbonyl (C=O) groups is 2. The van der Waals surface area contributed by atoms with Gasteiger partial charge in [0.25, 0.3) is 11.8 Å². The Morgan fingerprint density at radius 2 is 2.17 bits per heavy atom. The van der Waals surface area contributed by atoms with Gasteiger partial charge in [-0.3, -0.25) is 9.59 Å². The van der Waals surface area contributed by atoms with Crippen LogP contribution in [0.25, 0.3) is 0 Å². The lowest BCUT2D eigenvalue weighted by Crippen LogP contribution is -2.34. The molecule has 0 atom stereocenters. The minimum absolute atomic E-state index is 0.0261. The molecule has 3 rings (SSSR count). The number of nitrogens with zero attached hydrogens (tertiary/aromatic N) is 3. The predicted molar refractivity (Wildman–Crippen MR) is 90.2 cm³/mol. The molecule has 0 saturated carbocycles. The molecule has 1 aliphatic heterocycles. The van der Waals surface area contributed by atoms with E-state index in [2.05, 4.69) is 20.6 Å². The lowest BCUT2D eigenvalue weighted by molar-refractivity contribution is 0.0780. The molecule has 24 heavy (non-hydrogen) atoms. The molecule has 0 saturated heterocycles. The molecule has 0 unspecified atom stereocenters. The van der Waals surface area contributed by atoms with Crippen LogP contribution in [0.15, 0.2) is 24.4 Å². The van der Waals surface area contributed by atoms with Crippen molar-refractivity contribution in [3.8, 4) is 0 Å². The summed E-state index contributed by atoms with van der Waals surface area (Å²) >= 11 is 0. The highest BCUT2D eigenvalue weighted by molar-refractivity contribution is 5.98. The number of hydrogen-bond donors (Lipinski definition) is 3. The summed E-state index contributed by atoms with van der Waals surface area (Å²) in [6.07, 6.45) is 2.17. The highest BCUT2D eigenvalue weighted by atomic mass is 16.2. The van der Waals surface area contributed by atoms with E-state index < -0.39 is 0 Å². The maximum absolute atomic E-state index is 12.1. The molecule has 0 fully saturated rings. The Hall–Kier alpha value is -3.16. The molecule has 0 radical (unpaired) electrons. The summed E-state index contributed by atoms with van der Waals surface area (Å²) in [7, 11) is 3.31. The lowest BCUT2D eigenvalue weighted by atomic mass is 9.99. The van der Waals surface area contributed by atoms with Crippen molar-refractivity contribution in [2.24, 2.45) is 0 Å². The van der Waals surface area contributed by atoms with Crippen LogP contribution in [0, 0.1) is 0 Å². The third-order valence-electron chi connectivity index (χ3n) is 3.94. The van der Waals surface area contributed by atoms with Gasteiger partial charge in [0.1, 0.15) is 5.82 Å². The Labute approximate surface area is 139 Å². The Balaban J connectivity index is 1.83. The van der Waals surface area contributed by atoms with Gasteiger partial charge in [-0.1, -0.05) is 0 Å². The Bertz CT molecular complexity index is 820. The van der Waals surface area contributed by atoms with E-state index in [1.807, 2.05) is 6.07 Å². The van der Waals surface area contributed by atoms with Crippen LogP contribution in [0.1, 0.15) is 26.3 Å². The molecule has 0 bridgehead atoms. The zero-order valence-corrected chi connectivity index (χ0v) is 13.5. The summed E-state index contributed by atoms with van der Waals surface area (Å²) in [5, 5.41) is 5.52. The summed E-state index contributed by atoms with van der Waals surface area (Å²) in [4.78, 5) is 33.6. The fourth-order valence-electron chi connectivity index (χ4n) is 2.58. The van der Waals surface area contributed by atoms with E-state index in [1.165, 1.54) is 13.2 Å². The molecule has 2 heterocycles. The van der Waals surface area contributed by atoms with E-state index in [0.29, 0.717) is 18.1 Å². The molecule has 0 aliphatic carbocycles. The van der Waals surface area contributed by atoms with Gasteiger partial charge in [-0.2, -0.15) is 4.98 Å². The summed E-state index contributed by atoms with van der Waals surface area (Å²) in [6.45, 7) is 0.694. The van der Waals surface area contributed by atoms with E-state index >= 15 is 0 Å². The van der Waals surface area contributed by atoms with Crippen LogP contribution in [0.4, 0.5) is 17.5 Å². The number of carbonyl (C=O) groups excluding carboxylic acids is 2. The van der Waals surface area contributed by atoms with E-state index in [0.717, 1.165) is 17.7 Å². The van der Waals surface area contributed by atoms with Crippen LogP contribution in [0.3, 0.4) is 0 Å². The summed E-state index contributed by atoms with van der Waals surface area (Å²) in [5.74, 6) is 0.0784. The quantitative estimate of drug-likeness (QED) is 0.768. The van der Waals surface area contributed by atoms with Crippen molar-refractivity contribution in [1.29, 1.82) is 0 Å². The normalized spacial score (nSPS) is 13.4. The number of nitrogens with one attached hydrogen (secondary N) is 2. The van der Waals surface area contributed by atoms with Crippen molar-refractivity contribution in [3.63, 3.8) is 0 Å². The van der Waals surface area contributed by atoms with E-state index in [1.54, 1.807) is 24.1 Å². The van der Waals surface area contributed by atoms with Gasteiger partial charge in [0.2, 0.25) is 5.95 Å². The second-order valence-electron chi connectivity index (χ2n) is 5.55. The Morgan fingerprint density at radius 1 is 1.38 bits per heavy atom. The molecular weight excluding hydrogens is 308 g/mol. The fraction of sp³-hybridized carbons (Fsp3) is 0.250. The van der Waals surface area contributed by atoms with Crippen molar-refractivity contribution in [2.75, 3.05) is 31.7 Å². The molecule has 1 aromatic carbocycles. The highest BCUT2D eigenvalue weighted by Crippen LogP contribution is 2.23. The number of likely N-dealkylation sites (N-methyl/N-ethyl adjacent to an activating group) is 1. The molecule has 0 spiro atoms. The summed E-state index contributed by atoms with van der Waals surface area (Å²) < 4.78 is 0. The van der Waals surface area contributed by atoms with Gasteiger partial charge in [0.15, 0.2) is 0 Å².